The van der Waals surface area contributed by atoms with Crippen LogP contribution in [0.3, 0.4) is 0 Å². The van der Waals surface area contributed by atoms with Gasteiger partial charge in [0.25, 0.3) is 0 Å². The number of hydrogen-bond acceptors (Lipinski definition) is 3. The molecule has 1 rings (SSSR count). The van der Waals surface area contributed by atoms with Crippen LogP contribution in [0.15, 0.2) is 0 Å². The zero-order chi connectivity index (χ0) is 7.99. The van der Waals surface area contributed by atoms with Crippen LogP contribution in [0.4, 0.5) is 13.2 Å². The molecular weight excluding hydrogens is 175 g/mol. The minimum absolute atomic E-state index is 2.57. The fraction of sp³-hybridized carbons (Fsp3) is 1.00. The smallest absolute Gasteiger partial charge is 0.416 e. The standard InChI is InChI=1S/C2BClF3O3/c4-1(5)2(6,7)10-3(8)9-1/q-1. The van der Waals surface area contributed by atoms with Crippen molar-refractivity contribution < 1.29 is 27.5 Å². The summed E-state index contributed by atoms with van der Waals surface area (Å²) in [7, 11) is -2.57. The lowest BCUT2D eigenvalue weighted by Crippen LogP contribution is -2.35. The lowest BCUT2D eigenvalue weighted by Gasteiger charge is -2.16. The maximum atomic E-state index is 12.1. The minimum Gasteiger partial charge on any atom is -0.832 e. The molecule has 1 aliphatic heterocycles. The van der Waals surface area contributed by atoms with E-state index < -0.39 is 18.7 Å². The van der Waals surface area contributed by atoms with Crippen LogP contribution >= 0.6 is 11.6 Å². The molecule has 0 aromatic rings. The molecular formula is C2BClF3O3-. The Kier molecular flexibility index (Phi) is 1.63. The van der Waals surface area contributed by atoms with Crippen LogP contribution in [0.2, 0.25) is 0 Å². The fourth-order valence-corrected chi connectivity index (χ4v) is 0.520. The average Bonchev–Trinajstić information content (AvgIpc) is 1.73. The SMILES string of the molecule is [O-]B1OC(F)(F)C(F)(Cl)O1. The van der Waals surface area contributed by atoms with Gasteiger partial charge in [-0.3, -0.25) is 0 Å². The van der Waals surface area contributed by atoms with E-state index in [4.69, 9.17) is 0 Å². The zero-order valence-electron chi connectivity index (χ0n) is 4.31. The van der Waals surface area contributed by atoms with Crippen LogP contribution < -0.4 is 5.02 Å². The van der Waals surface area contributed by atoms with Gasteiger partial charge in [-0.1, -0.05) is 0 Å². The van der Waals surface area contributed by atoms with Gasteiger partial charge in [0.05, 0.1) is 0 Å². The molecule has 0 saturated carbocycles. The van der Waals surface area contributed by atoms with Gasteiger partial charge in [0.1, 0.15) is 0 Å². The molecule has 3 nitrogen and oxygen atoms in total. The maximum Gasteiger partial charge on any atom is 0.416 e. The van der Waals surface area contributed by atoms with E-state index in [1.165, 1.54) is 0 Å². The molecule has 1 atom stereocenters. The van der Waals surface area contributed by atoms with Crippen molar-refractivity contribution in [2.24, 2.45) is 0 Å². The monoisotopic (exact) mass is 175 g/mol. The third kappa shape index (κ3) is 1.09. The molecule has 1 fully saturated rings. The Bertz CT molecular complexity index is 137. The van der Waals surface area contributed by atoms with Crippen molar-refractivity contribution in [3.05, 3.63) is 0 Å². The third-order valence-electron chi connectivity index (χ3n) is 0.827. The summed E-state index contributed by atoms with van der Waals surface area (Å²) in [4.78, 5) is 0. The number of alkyl halides is 4. The molecule has 0 aliphatic carbocycles. The first-order valence-corrected chi connectivity index (χ1v) is 2.50. The molecule has 10 heavy (non-hydrogen) atoms. The largest absolute Gasteiger partial charge is 0.832 e. The van der Waals surface area contributed by atoms with Crippen LogP contribution in [-0.2, 0) is 9.31 Å². The highest BCUT2D eigenvalue weighted by Crippen LogP contribution is 2.43. The maximum absolute atomic E-state index is 12.1. The molecule has 0 spiro atoms. The summed E-state index contributed by atoms with van der Waals surface area (Å²) >= 11 is 4.39. The van der Waals surface area contributed by atoms with E-state index in [-0.39, 0.29) is 0 Å². The van der Waals surface area contributed by atoms with Crippen molar-refractivity contribution in [2.75, 3.05) is 0 Å². The topological polar surface area (TPSA) is 41.5 Å². The zero-order valence-corrected chi connectivity index (χ0v) is 5.07. The molecule has 1 aliphatic rings. The van der Waals surface area contributed by atoms with Gasteiger partial charge in [-0.2, -0.15) is 13.2 Å². The summed E-state index contributed by atoms with van der Waals surface area (Å²) in [5, 5.41) is 6.07. The molecule has 1 heterocycles. The van der Waals surface area contributed by atoms with Gasteiger partial charge in [0.15, 0.2) is 0 Å². The summed E-state index contributed by atoms with van der Waals surface area (Å²) in [6.45, 7) is 0. The van der Waals surface area contributed by atoms with Gasteiger partial charge in [-0.05, 0) is 11.6 Å². The second kappa shape index (κ2) is 2.01. The van der Waals surface area contributed by atoms with Gasteiger partial charge in [0.2, 0.25) is 0 Å². The van der Waals surface area contributed by atoms with Gasteiger partial charge >= 0.3 is 18.7 Å². The predicted octanol–water partition coefficient (Wildman–Crippen LogP) is -0.167. The van der Waals surface area contributed by atoms with Crippen molar-refractivity contribution in [3.63, 3.8) is 0 Å². The number of hydrogen-bond donors (Lipinski definition) is 0. The van der Waals surface area contributed by atoms with Crippen LogP contribution in [-0.4, -0.2) is 18.7 Å². The molecule has 0 radical (unpaired) electrons. The highest BCUT2D eigenvalue weighted by Gasteiger charge is 2.63. The lowest BCUT2D eigenvalue weighted by molar-refractivity contribution is -0.269. The minimum atomic E-state index is -4.37. The Morgan fingerprint density at radius 1 is 1.30 bits per heavy atom. The summed E-state index contributed by atoms with van der Waals surface area (Å²) in [6.07, 6.45) is -4.37. The van der Waals surface area contributed by atoms with Gasteiger partial charge in [-0.15, -0.1) is 0 Å². The molecule has 0 aromatic carbocycles. The quantitative estimate of drug-likeness (QED) is 0.379. The third-order valence-corrected chi connectivity index (χ3v) is 1.14. The molecule has 0 aromatic heterocycles. The summed E-state index contributed by atoms with van der Waals surface area (Å²) in [5.74, 6) is 0. The van der Waals surface area contributed by atoms with Crippen molar-refractivity contribution >= 4 is 18.9 Å². The molecule has 1 saturated heterocycles. The summed E-state index contributed by atoms with van der Waals surface area (Å²) in [5.41, 5.74) is 0. The van der Waals surface area contributed by atoms with Gasteiger partial charge < -0.3 is 14.3 Å². The molecule has 1 unspecified atom stereocenters. The Hall–Kier alpha value is 0.0249. The number of rotatable bonds is 0. The van der Waals surface area contributed by atoms with Crippen molar-refractivity contribution in [3.8, 4) is 0 Å². The molecule has 58 valence electrons. The highest BCUT2D eigenvalue weighted by molar-refractivity contribution is 6.37. The Morgan fingerprint density at radius 3 is 1.90 bits per heavy atom. The van der Waals surface area contributed by atoms with Crippen LogP contribution in [0.5, 0.6) is 0 Å². The van der Waals surface area contributed by atoms with E-state index >= 15 is 0 Å². The first kappa shape index (κ1) is 8.12. The van der Waals surface area contributed by atoms with E-state index in [0.29, 0.717) is 0 Å². The van der Waals surface area contributed by atoms with Crippen LogP contribution in [0.25, 0.3) is 0 Å². The lowest BCUT2D eigenvalue weighted by atomic mass is 10.3. The van der Waals surface area contributed by atoms with E-state index in [0.717, 1.165) is 0 Å². The van der Waals surface area contributed by atoms with E-state index in [9.17, 15) is 18.2 Å². The Labute approximate surface area is 58.8 Å². The molecule has 0 amide bonds. The van der Waals surface area contributed by atoms with Crippen LogP contribution in [0.1, 0.15) is 0 Å². The summed E-state index contributed by atoms with van der Waals surface area (Å²) < 4.78 is 42.4. The second-order valence-corrected chi connectivity index (χ2v) is 2.04. The first-order valence-electron chi connectivity index (χ1n) is 2.12. The van der Waals surface area contributed by atoms with Crippen molar-refractivity contribution in [1.82, 2.24) is 0 Å². The molecule has 0 N–H and O–H groups in total. The Balaban J connectivity index is 2.78. The van der Waals surface area contributed by atoms with Crippen LogP contribution in [0, 0.1) is 0 Å². The van der Waals surface area contributed by atoms with E-state index in [1.807, 2.05) is 0 Å². The average molecular weight is 175 g/mol. The molecule has 8 heteroatoms. The predicted molar refractivity (Wildman–Crippen MR) is 22.6 cm³/mol. The van der Waals surface area contributed by atoms with Crippen molar-refractivity contribution in [1.29, 1.82) is 0 Å². The van der Waals surface area contributed by atoms with E-state index in [1.54, 1.807) is 0 Å². The van der Waals surface area contributed by atoms with Gasteiger partial charge in [-0.25, -0.2) is 0 Å². The van der Waals surface area contributed by atoms with E-state index in [2.05, 4.69) is 20.9 Å². The molecule has 0 bridgehead atoms. The summed E-state index contributed by atoms with van der Waals surface area (Å²) in [6, 6.07) is 0. The van der Waals surface area contributed by atoms with Gasteiger partial charge in [0, 0.05) is 0 Å². The normalized spacial score (nSPS) is 38.7. The highest BCUT2D eigenvalue weighted by atomic mass is 35.5. The second-order valence-electron chi connectivity index (χ2n) is 1.56. The first-order chi connectivity index (χ1) is 4.35. The van der Waals surface area contributed by atoms with Crippen molar-refractivity contribution in [2.45, 2.75) is 11.4 Å². The number of halogens is 4. The Morgan fingerprint density at radius 2 is 1.80 bits per heavy atom. The fourth-order valence-electron chi connectivity index (χ4n) is 0.403.